The summed E-state index contributed by atoms with van der Waals surface area (Å²) in [5.41, 5.74) is 4.78. The molecule has 1 unspecified atom stereocenters. The molecular weight excluding hydrogens is 392 g/mol. The lowest BCUT2D eigenvalue weighted by atomic mass is 10.1. The Balaban J connectivity index is 1.53. The van der Waals surface area contributed by atoms with Crippen LogP contribution in [0.15, 0.2) is 77.7 Å². The van der Waals surface area contributed by atoms with Crippen molar-refractivity contribution in [2.24, 2.45) is 0 Å². The van der Waals surface area contributed by atoms with E-state index in [0.717, 1.165) is 33.0 Å². The van der Waals surface area contributed by atoms with E-state index in [9.17, 15) is 9.59 Å². The topological polar surface area (TPSA) is 58.2 Å². The third kappa shape index (κ3) is 6.49. The summed E-state index contributed by atoms with van der Waals surface area (Å²) in [6.45, 7) is 5.92. The average molecular weight is 419 g/mol. The molecular formula is C25H26N2O2S. The molecule has 0 aliphatic carbocycles. The minimum Gasteiger partial charge on any atom is -0.326 e. The number of amides is 2. The second-order valence-electron chi connectivity index (χ2n) is 7.36. The van der Waals surface area contributed by atoms with E-state index in [-0.39, 0.29) is 17.1 Å². The lowest BCUT2D eigenvalue weighted by molar-refractivity contribution is -0.116. The van der Waals surface area contributed by atoms with Gasteiger partial charge in [0.25, 0.3) is 0 Å². The molecule has 3 aromatic carbocycles. The third-order valence-corrected chi connectivity index (χ3v) is 5.63. The Kier molecular flexibility index (Phi) is 7.31. The molecule has 0 heterocycles. The molecule has 3 rings (SSSR count). The van der Waals surface area contributed by atoms with Gasteiger partial charge in [-0.1, -0.05) is 36.4 Å². The number of carbonyl (C=O) groups is 2. The fourth-order valence-corrected chi connectivity index (χ4v) is 4.02. The van der Waals surface area contributed by atoms with Gasteiger partial charge in [-0.05, 0) is 73.9 Å². The van der Waals surface area contributed by atoms with Crippen molar-refractivity contribution >= 4 is 35.0 Å². The van der Waals surface area contributed by atoms with Crippen molar-refractivity contribution in [1.82, 2.24) is 0 Å². The van der Waals surface area contributed by atoms with Crippen LogP contribution in [-0.2, 0) is 16.0 Å². The van der Waals surface area contributed by atoms with Crippen LogP contribution in [-0.4, -0.2) is 17.1 Å². The zero-order chi connectivity index (χ0) is 21.5. The molecule has 0 spiro atoms. The number of nitrogens with one attached hydrogen (secondary N) is 2. The van der Waals surface area contributed by atoms with Gasteiger partial charge in [0.15, 0.2) is 0 Å². The van der Waals surface area contributed by atoms with Crippen LogP contribution in [0.4, 0.5) is 11.4 Å². The first-order chi connectivity index (χ1) is 14.4. The highest BCUT2D eigenvalue weighted by molar-refractivity contribution is 8.00. The predicted octanol–water partition coefficient (Wildman–Crippen LogP) is 5.60. The second kappa shape index (κ2) is 10.1. The number of aryl methyl sites for hydroxylation is 2. The molecule has 0 saturated carbocycles. The average Bonchev–Trinajstić information content (AvgIpc) is 2.69. The Morgan fingerprint density at radius 3 is 2.10 bits per heavy atom. The van der Waals surface area contributed by atoms with Crippen LogP contribution in [0, 0.1) is 13.8 Å². The van der Waals surface area contributed by atoms with Crippen LogP contribution in [0.25, 0.3) is 0 Å². The van der Waals surface area contributed by atoms with Gasteiger partial charge in [0.05, 0.1) is 11.7 Å². The number of hydrogen-bond donors (Lipinski definition) is 2. The van der Waals surface area contributed by atoms with E-state index in [4.69, 9.17) is 0 Å². The van der Waals surface area contributed by atoms with E-state index in [1.54, 1.807) is 0 Å². The molecule has 3 aromatic rings. The summed E-state index contributed by atoms with van der Waals surface area (Å²) in [5.74, 6) is -0.0898. The molecule has 2 N–H and O–H groups in total. The van der Waals surface area contributed by atoms with Gasteiger partial charge in [-0.2, -0.15) is 0 Å². The van der Waals surface area contributed by atoms with Gasteiger partial charge in [-0.25, -0.2) is 0 Å². The Morgan fingerprint density at radius 1 is 0.833 bits per heavy atom. The third-order valence-electron chi connectivity index (χ3n) is 4.52. The Morgan fingerprint density at radius 2 is 1.47 bits per heavy atom. The van der Waals surface area contributed by atoms with Crippen molar-refractivity contribution in [3.05, 3.63) is 89.5 Å². The van der Waals surface area contributed by atoms with E-state index >= 15 is 0 Å². The smallest absolute Gasteiger partial charge is 0.237 e. The molecule has 0 aromatic heterocycles. The number of anilines is 2. The van der Waals surface area contributed by atoms with E-state index in [0.29, 0.717) is 6.42 Å². The molecule has 2 amide bonds. The molecule has 1 atom stereocenters. The number of hydrogen-bond acceptors (Lipinski definition) is 3. The van der Waals surface area contributed by atoms with E-state index < -0.39 is 0 Å². The van der Waals surface area contributed by atoms with Gasteiger partial charge in [0, 0.05) is 16.3 Å². The summed E-state index contributed by atoms with van der Waals surface area (Å²) >= 11 is 1.48. The molecule has 4 nitrogen and oxygen atoms in total. The fraction of sp³-hybridized carbons (Fsp3) is 0.200. The monoisotopic (exact) mass is 418 g/mol. The minimum absolute atomic E-state index is 0.0368. The van der Waals surface area contributed by atoms with Gasteiger partial charge in [0.1, 0.15) is 0 Å². The molecule has 30 heavy (non-hydrogen) atoms. The standard InChI is InChI=1S/C25H26N2O2S/c1-17-13-18(2)15-22(14-17)27-25(29)19(3)30-23-11-9-21(10-12-23)26-24(28)16-20-7-5-4-6-8-20/h4-15,19H,16H2,1-3H3,(H,26,28)(H,27,29). The first kappa shape index (κ1) is 21.7. The number of rotatable bonds is 7. The lowest BCUT2D eigenvalue weighted by Gasteiger charge is -2.13. The van der Waals surface area contributed by atoms with Crippen LogP contribution < -0.4 is 10.6 Å². The van der Waals surface area contributed by atoms with Crippen molar-refractivity contribution < 1.29 is 9.59 Å². The zero-order valence-electron chi connectivity index (χ0n) is 17.4. The maximum Gasteiger partial charge on any atom is 0.237 e. The largest absolute Gasteiger partial charge is 0.326 e. The normalized spacial score (nSPS) is 11.6. The summed E-state index contributed by atoms with van der Waals surface area (Å²) in [4.78, 5) is 25.7. The minimum atomic E-state index is -0.246. The Hall–Kier alpha value is -3.05. The Bertz CT molecular complexity index is 997. The quantitative estimate of drug-likeness (QED) is 0.491. The van der Waals surface area contributed by atoms with Gasteiger partial charge in [-0.15, -0.1) is 11.8 Å². The maximum absolute atomic E-state index is 12.5. The summed E-state index contributed by atoms with van der Waals surface area (Å²) in [6.07, 6.45) is 0.340. The van der Waals surface area contributed by atoms with Crippen molar-refractivity contribution in [1.29, 1.82) is 0 Å². The summed E-state index contributed by atoms with van der Waals surface area (Å²) in [7, 11) is 0. The molecule has 0 aliphatic rings. The highest BCUT2D eigenvalue weighted by Gasteiger charge is 2.15. The van der Waals surface area contributed by atoms with Crippen LogP contribution in [0.3, 0.4) is 0 Å². The first-order valence-corrected chi connectivity index (χ1v) is 10.8. The maximum atomic E-state index is 12.5. The summed E-state index contributed by atoms with van der Waals surface area (Å²) in [5, 5.41) is 5.65. The van der Waals surface area contributed by atoms with Crippen molar-refractivity contribution in [3.63, 3.8) is 0 Å². The predicted molar refractivity (Wildman–Crippen MR) is 125 cm³/mol. The number of thioether (sulfide) groups is 1. The van der Waals surface area contributed by atoms with E-state index in [1.165, 1.54) is 11.8 Å². The second-order valence-corrected chi connectivity index (χ2v) is 8.77. The van der Waals surface area contributed by atoms with Crippen LogP contribution >= 0.6 is 11.8 Å². The van der Waals surface area contributed by atoms with Gasteiger partial charge in [0.2, 0.25) is 11.8 Å². The highest BCUT2D eigenvalue weighted by atomic mass is 32.2. The molecule has 0 fully saturated rings. The van der Waals surface area contributed by atoms with Gasteiger partial charge in [-0.3, -0.25) is 9.59 Å². The zero-order valence-corrected chi connectivity index (χ0v) is 18.3. The number of benzene rings is 3. The summed E-state index contributed by atoms with van der Waals surface area (Å²) < 4.78 is 0. The number of carbonyl (C=O) groups excluding carboxylic acids is 2. The molecule has 0 saturated heterocycles. The van der Waals surface area contributed by atoms with Crippen LogP contribution in [0.2, 0.25) is 0 Å². The van der Waals surface area contributed by atoms with Gasteiger partial charge >= 0.3 is 0 Å². The molecule has 0 aliphatic heterocycles. The lowest BCUT2D eigenvalue weighted by Crippen LogP contribution is -2.22. The molecule has 154 valence electrons. The SMILES string of the molecule is Cc1cc(C)cc(NC(=O)C(C)Sc2ccc(NC(=O)Cc3ccccc3)cc2)c1. The van der Waals surface area contributed by atoms with Crippen LogP contribution in [0.1, 0.15) is 23.6 Å². The molecule has 0 bridgehead atoms. The molecule has 0 radical (unpaired) electrons. The highest BCUT2D eigenvalue weighted by Crippen LogP contribution is 2.26. The van der Waals surface area contributed by atoms with E-state index in [2.05, 4.69) is 16.7 Å². The first-order valence-electron chi connectivity index (χ1n) is 9.89. The Labute approximate surface area is 182 Å². The fourth-order valence-electron chi connectivity index (χ4n) is 3.15. The van der Waals surface area contributed by atoms with E-state index in [1.807, 2.05) is 87.5 Å². The summed E-state index contributed by atoms with van der Waals surface area (Å²) in [6, 6.07) is 23.2. The molecule has 5 heteroatoms. The van der Waals surface area contributed by atoms with Crippen LogP contribution in [0.5, 0.6) is 0 Å². The van der Waals surface area contributed by atoms with Crippen molar-refractivity contribution in [2.75, 3.05) is 10.6 Å². The van der Waals surface area contributed by atoms with Gasteiger partial charge < -0.3 is 10.6 Å². The van der Waals surface area contributed by atoms with Crippen molar-refractivity contribution in [2.45, 2.75) is 37.3 Å². The van der Waals surface area contributed by atoms with Crippen molar-refractivity contribution in [3.8, 4) is 0 Å².